The van der Waals surface area contributed by atoms with E-state index in [4.69, 9.17) is 4.52 Å². The Bertz CT molecular complexity index is 698. The van der Waals surface area contributed by atoms with Crippen molar-refractivity contribution in [1.82, 2.24) is 10.5 Å². The van der Waals surface area contributed by atoms with E-state index >= 15 is 0 Å². The normalized spacial score (nSPS) is 26.0. The van der Waals surface area contributed by atoms with Gasteiger partial charge in [-0.05, 0) is 17.7 Å². The lowest BCUT2D eigenvalue weighted by Crippen LogP contribution is -2.46. The third kappa shape index (κ3) is 2.53. The Kier molecular flexibility index (Phi) is 3.45. The van der Waals surface area contributed by atoms with Crippen LogP contribution < -0.4 is 5.32 Å². The van der Waals surface area contributed by atoms with Gasteiger partial charge in [-0.3, -0.25) is 4.79 Å². The van der Waals surface area contributed by atoms with Crippen LogP contribution in [-0.4, -0.2) is 29.4 Å². The minimum atomic E-state index is -1.34. The first-order chi connectivity index (χ1) is 10.1. The van der Waals surface area contributed by atoms with Gasteiger partial charge in [0.05, 0.1) is 11.4 Å². The summed E-state index contributed by atoms with van der Waals surface area (Å²) in [6.07, 6.45) is -2.82. The number of alkyl halides is 2. The third-order valence-electron chi connectivity index (χ3n) is 3.71. The average molecular weight is 292 g/mol. The molecule has 1 aromatic carbocycles. The molecule has 1 amide bonds. The number of carbonyl (C=O) groups is 1. The first-order valence-corrected chi connectivity index (χ1v) is 6.67. The van der Waals surface area contributed by atoms with E-state index < -0.39 is 24.3 Å². The van der Waals surface area contributed by atoms with E-state index in [0.29, 0.717) is 11.0 Å². The number of allylic oxidation sites excluding steroid dienone is 1. The van der Waals surface area contributed by atoms with Crippen molar-refractivity contribution in [3.8, 4) is 0 Å². The van der Waals surface area contributed by atoms with Gasteiger partial charge in [0.1, 0.15) is 12.3 Å². The van der Waals surface area contributed by atoms with Gasteiger partial charge in [-0.2, -0.15) is 0 Å². The number of fused-ring (bicyclic) bond motifs is 1. The number of nitrogens with one attached hydrogen (secondary N) is 1. The van der Waals surface area contributed by atoms with Gasteiger partial charge in [0.25, 0.3) is 5.91 Å². The number of benzene rings is 1. The lowest BCUT2D eigenvalue weighted by atomic mass is 9.88. The Morgan fingerprint density at radius 2 is 2.14 bits per heavy atom. The molecule has 0 saturated heterocycles. The molecule has 0 spiro atoms. The van der Waals surface area contributed by atoms with Gasteiger partial charge in [-0.1, -0.05) is 23.9 Å². The maximum atomic E-state index is 13.9. The molecule has 6 heteroatoms. The number of amides is 1. The van der Waals surface area contributed by atoms with Crippen LogP contribution in [0.1, 0.15) is 23.3 Å². The molecule has 0 bridgehead atoms. The van der Waals surface area contributed by atoms with Crippen LogP contribution in [-0.2, 0) is 0 Å². The fraction of sp³-hybridized carbons (Fsp3) is 0.333. The Morgan fingerprint density at radius 3 is 2.95 bits per heavy atom. The highest BCUT2D eigenvalue weighted by Crippen LogP contribution is 2.28. The van der Waals surface area contributed by atoms with Gasteiger partial charge in [0.2, 0.25) is 0 Å². The van der Waals surface area contributed by atoms with Crippen LogP contribution in [0.15, 0.2) is 40.9 Å². The van der Waals surface area contributed by atoms with Crippen LogP contribution in [0.4, 0.5) is 8.78 Å². The summed E-state index contributed by atoms with van der Waals surface area (Å²) in [5.41, 5.74) is 0.789. The van der Waals surface area contributed by atoms with Gasteiger partial charge >= 0.3 is 0 Å². The molecule has 3 atom stereocenters. The van der Waals surface area contributed by atoms with Gasteiger partial charge in [0, 0.05) is 12.8 Å². The highest BCUT2D eigenvalue weighted by molar-refractivity contribution is 6.04. The summed E-state index contributed by atoms with van der Waals surface area (Å²) in [4.78, 5) is 12.2. The molecule has 110 valence electrons. The molecule has 1 aliphatic rings. The Morgan fingerprint density at radius 1 is 1.38 bits per heavy atom. The summed E-state index contributed by atoms with van der Waals surface area (Å²) in [5.74, 6) is -0.563. The van der Waals surface area contributed by atoms with E-state index in [1.165, 1.54) is 0 Å². The molecule has 0 aliphatic heterocycles. The number of hydrogen-bond acceptors (Lipinski definition) is 3. The van der Waals surface area contributed by atoms with Crippen LogP contribution >= 0.6 is 0 Å². The summed E-state index contributed by atoms with van der Waals surface area (Å²) < 4.78 is 32.5. The maximum Gasteiger partial charge on any atom is 0.274 e. The van der Waals surface area contributed by atoms with E-state index in [-0.39, 0.29) is 24.1 Å². The third-order valence-corrected chi connectivity index (χ3v) is 3.71. The second kappa shape index (κ2) is 5.27. The minimum absolute atomic E-state index is 0.0777. The van der Waals surface area contributed by atoms with Crippen molar-refractivity contribution in [1.29, 1.82) is 0 Å². The summed E-state index contributed by atoms with van der Waals surface area (Å²) in [6, 6.07) is 5.99. The maximum absolute atomic E-state index is 13.9. The number of carbonyl (C=O) groups excluding carboxylic acids is 1. The smallest absolute Gasteiger partial charge is 0.274 e. The number of hydrogen-bond donors (Lipinski definition) is 1. The van der Waals surface area contributed by atoms with E-state index in [0.717, 1.165) is 0 Å². The molecule has 1 N–H and O–H groups in total. The molecular weight excluding hydrogens is 278 g/mol. The first-order valence-electron chi connectivity index (χ1n) is 6.67. The topological polar surface area (TPSA) is 55.1 Å². The predicted molar refractivity (Wildman–Crippen MR) is 73.4 cm³/mol. The average Bonchev–Trinajstić information content (AvgIpc) is 2.88. The van der Waals surface area contributed by atoms with E-state index in [9.17, 15) is 13.6 Å². The molecule has 1 heterocycles. The van der Waals surface area contributed by atoms with Crippen LogP contribution in [0.5, 0.6) is 0 Å². The van der Waals surface area contributed by atoms with Crippen molar-refractivity contribution in [2.75, 3.05) is 0 Å². The van der Waals surface area contributed by atoms with E-state index in [1.807, 2.05) is 0 Å². The van der Waals surface area contributed by atoms with Gasteiger partial charge in [-0.15, -0.1) is 0 Å². The second-order valence-electron chi connectivity index (χ2n) is 5.19. The van der Waals surface area contributed by atoms with Crippen molar-refractivity contribution in [3.05, 3.63) is 42.1 Å². The number of aromatic nitrogens is 1. The van der Waals surface area contributed by atoms with E-state index in [1.54, 1.807) is 24.3 Å². The molecule has 1 fully saturated rings. The quantitative estimate of drug-likeness (QED) is 0.866. The fourth-order valence-corrected chi connectivity index (χ4v) is 2.49. The fourth-order valence-electron chi connectivity index (χ4n) is 2.49. The summed E-state index contributed by atoms with van der Waals surface area (Å²) in [5, 5.41) is 6.74. The summed E-state index contributed by atoms with van der Waals surface area (Å²) >= 11 is 0. The molecule has 3 rings (SSSR count). The van der Waals surface area contributed by atoms with Gasteiger partial charge in [0.15, 0.2) is 11.3 Å². The van der Waals surface area contributed by atoms with Crippen LogP contribution in [0.2, 0.25) is 0 Å². The molecule has 3 unspecified atom stereocenters. The number of halogens is 2. The standard InChI is InChI=1S/C15H14F2N2O2/c1-8-6-11(17)12(7-10(8)16)18-15(20)14-9-4-2-3-5-13(9)21-19-14/h2-5,10-12H,1,6-7H2,(H,18,20). The molecule has 1 aliphatic carbocycles. The molecule has 1 aromatic heterocycles. The lowest BCUT2D eigenvalue weighted by molar-refractivity contribution is 0.0865. The van der Waals surface area contributed by atoms with Gasteiger partial charge in [-0.25, -0.2) is 8.78 Å². The highest BCUT2D eigenvalue weighted by atomic mass is 19.1. The molecule has 2 aromatic rings. The summed E-state index contributed by atoms with van der Waals surface area (Å²) in [6.45, 7) is 3.49. The highest BCUT2D eigenvalue weighted by Gasteiger charge is 2.34. The number of rotatable bonds is 2. The Labute approximate surface area is 119 Å². The number of para-hydroxylation sites is 1. The zero-order chi connectivity index (χ0) is 15.0. The monoisotopic (exact) mass is 292 g/mol. The molecule has 1 saturated carbocycles. The second-order valence-corrected chi connectivity index (χ2v) is 5.19. The van der Waals surface area contributed by atoms with Crippen molar-refractivity contribution in [2.45, 2.75) is 31.2 Å². The first kappa shape index (κ1) is 13.7. The predicted octanol–water partition coefficient (Wildman–Crippen LogP) is 2.95. The summed E-state index contributed by atoms with van der Waals surface area (Å²) in [7, 11) is 0. The van der Waals surface area contributed by atoms with E-state index in [2.05, 4.69) is 17.1 Å². The number of nitrogens with zero attached hydrogens (tertiary/aromatic N) is 1. The molecule has 4 nitrogen and oxygen atoms in total. The minimum Gasteiger partial charge on any atom is -0.355 e. The molecule has 21 heavy (non-hydrogen) atoms. The van der Waals surface area contributed by atoms with Crippen LogP contribution in [0.3, 0.4) is 0 Å². The largest absolute Gasteiger partial charge is 0.355 e. The zero-order valence-corrected chi connectivity index (χ0v) is 11.2. The SMILES string of the molecule is C=C1CC(F)C(NC(=O)c2noc3ccccc23)CC1F. The zero-order valence-electron chi connectivity index (χ0n) is 11.2. The van der Waals surface area contributed by atoms with Gasteiger partial charge < -0.3 is 9.84 Å². The lowest BCUT2D eigenvalue weighted by Gasteiger charge is -2.30. The van der Waals surface area contributed by atoms with Crippen molar-refractivity contribution in [2.24, 2.45) is 0 Å². The van der Waals surface area contributed by atoms with Crippen molar-refractivity contribution >= 4 is 16.9 Å². The molecule has 0 radical (unpaired) electrons. The molecular formula is C15H14F2N2O2. The Hall–Kier alpha value is -2.24. The van der Waals surface area contributed by atoms with Crippen molar-refractivity contribution in [3.63, 3.8) is 0 Å². The Balaban J connectivity index is 1.78. The van der Waals surface area contributed by atoms with Crippen molar-refractivity contribution < 1.29 is 18.1 Å². The van der Waals surface area contributed by atoms with Crippen LogP contribution in [0, 0.1) is 0 Å². The van der Waals surface area contributed by atoms with Crippen LogP contribution in [0.25, 0.3) is 11.0 Å².